The Morgan fingerprint density at radius 1 is 1.15 bits per heavy atom. The zero-order valence-electron chi connectivity index (χ0n) is 18.5. The van der Waals surface area contributed by atoms with Crippen LogP contribution < -0.4 is 25.8 Å². The van der Waals surface area contributed by atoms with Crippen LogP contribution in [0.25, 0.3) is 11.7 Å². The van der Waals surface area contributed by atoms with Crippen molar-refractivity contribution in [2.45, 2.75) is 6.92 Å². The Morgan fingerprint density at radius 2 is 1.82 bits per heavy atom. The molecule has 1 saturated heterocycles. The van der Waals surface area contributed by atoms with Crippen LogP contribution in [-0.4, -0.2) is 48.6 Å². The summed E-state index contributed by atoms with van der Waals surface area (Å²) >= 11 is 0. The number of piperazine rings is 1. The van der Waals surface area contributed by atoms with Crippen LogP contribution in [0.15, 0.2) is 53.0 Å². The van der Waals surface area contributed by atoms with E-state index >= 15 is 0 Å². The highest BCUT2D eigenvalue weighted by Gasteiger charge is 2.24. The Morgan fingerprint density at radius 3 is 2.42 bits per heavy atom. The second-order valence-corrected chi connectivity index (χ2v) is 7.75. The van der Waals surface area contributed by atoms with E-state index < -0.39 is 5.91 Å². The fourth-order valence-corrected chi connectivity index (χ4v) is 3.94. The summed E-state index contributed by atoms with van der Waals surface area (Å²) in [6, 6.07) is 13.3. The molecular formula is C24H24N6O3. The first kappa shape index (κ1) is 21.9. The molecule has 1 aromatic carbocycles. The molecule has 3 aromatic rings. The van der Waals surface area contributed by atoms with Gasteiger partial charge in [-0.1, -0.05) is 6.07 Å². The number of hydrogen-bond acceptors (Lipinski definition) is 7. The van der Waals surface area contributed by atoms with E-state index in [1.54, 1.807) is 25.4 Å². The molecule has 9 heteroatoms. The lowest BCUT2D eigenvalue weighted by atomic mass is 10.1. The Kier molecular flexibility index (Phi) is 6.00. The molecule has 3 heterocycles. The SMILES string of the molecule is COc1ccc(N2CCN(c3nc4c(C)cccn4c(=O)c3/C=C(\C#N)C(N)=O)CC2)cc1. The third kappa shape index (κ3) is 4.23. The number of methoxy groups -OCH3 is 1. The minimum atomic E-state index is -0.887. The average molecular weight is 444 g/mol. The topological polar surface area (TPSA) is 117 Å². The molecule has 2 aromatic heterocycles. The van der Waals surface area contributed by atoms with Gasteiger partial charge < -0.3 is 20.3 Å². The van der Waals surface area contributed by atoms with E-state index in [0.29, 0.717) is 37.6 Å². The van der Waals surface area contributed by atoms with E-state index in [4.69, 9.17) is 15.5 Å². The number of carbonyl (C=O) groups is 1. The number of nitriles is 1. The minimum Gasteiger partial charge on any atom is -0.497 e. The van der Waals surface area contributed by atoms with E-state index in [9.17, 15) is 14.9 Å². The van der Waals surface area contributed by atoms with Crippen LogP contribution in [0.4, 0.5) is 11.5 Å². The summed E-state index contributed by atoms with van der Waals surface area (Å²) < 4.78 is 6.66. The summed E-state index contributed by atoms with van der Waals surface area (Å²) in [5.41, 5.74) is 7.31. The van der Waals surface area contributed by atoms with Crippen molar-refractivity contribution in [2.24, 2.45) is 5.73 Å². The number of amides is 1. The first-order valence-electron chi connectivity index (χ1n) is 10.5. The van der Waals surface area contributed by atoms with E-state index in [0.717, 1.165) is 17.0 Å². The van der Waals surface area contributed by atoms with E-state index in [1.807, 2.05) is 42.2 Å². The lowest BCUT2D eigenvalue weighted by molar-refractivity contribution is -0.114. The maximum absolute atomic E-state index is 13.3. The molecule has 4 rings (SSSR count). The minimum absolute atomic E-state index is 0.173. The second-order valence-electron chi connectivity index (χ2n) is 7.75. The molecule has 1 fully saturated rings. The van der Waals surface area contributed by atoms with Crippen molar-refractivity contribution in [1.29, 1.82) is 5.26 Å². The van der Waals surface area contributed by atoms with Crippen molar-refractivity contribution in [3.05, 3.63) is 69.6 Å². The summed E-state index contributed by atoms with van der Waals surface area (Å²) in [6.45, 7) is 4.53. The number of rotatable bonds is 5. The number of hydrogen-bond donors (Lipinski definition) is 1. The van der Waals surface area contributed by atoms with Crippen LogP contribution in [0.5, 0.6) is 5.75 Å². The molecule has 1 amide bonds. The highest BCUT2D eigenvalue weighted by Crippen LogP contribution is 2.25. The van der Waals surface area contributed by atoms with E-state index in [2.05, 4.69) is 4.90 Å². The quantitative estimate of drug-likeness (QED) is 0.470. The number of fused-ring (bicyclic) bond motifs is 1. The molecule has 0 bridgehead atoms. The zero-order valence-corrected chi connectivity index (χ0v) is 18.5. The van der Waals surface area contributed by atoms with Gasteiger partial charge in [-0.15, -0.1) is 0 Å². The maximum atomic E-state index is 13.3. The van der Waals surface area contributed by atoms with Crippen molar-refractivity contribution >= 4 is 29.1 Å². The summed E-state index contributed by atoms with van der Waals surface area (Å²) in [7, 11) is 1.64. The molecule has 33 heavy (non-hydrogen) atoms. The molecule has 0 radical (unpaired) electrons. The smallest absolute Gasteiger partial charge is 0.267 e. The molecule has 2 N–H and O–H groups in total. The predicted molar refractivity (Wildman–Crippen MR) is 126 cm³/mol. The van der Waals surface area contributed by atoms with Crippen molar-refractivity contribution in [2.75, 3.05) is 43.1 Å². The van der Waals surface area contributed by atoms with Gasteiger partial charge in [0.05, 0.1) is 12.7 Å². The summed E-state index contributed by atoms with van der Waals surface area (Å²) in [6.07, 6.45) is 2.87. The Labute approximate surface area is 190 Å². The second kappa shape index (κ2) is 9.04. The zero-order chi connectivity index (χ0) is 23.5. The van der Waals surface area contributed by atoms with Crippen molar-refractivity contribution in [3.63, 3.8) is 0 Å². The van der Waals surface area contributed by atoms with Crippen LogP contribution >= 0.6 is 0 Å². The lowest BCUT2D eigenvalue weighted by Crippen LogP contribution is -2.47. The van der Waals surface area contributed by atoms with Crippen LogP contribution in [0.2, 0.25) is 0 Å². The van der Waals surface area contributed by atoms with Gasteiger partial charge in [0.25, 0.3) is 11.5 Å². The number of benzene rings is 1. The lowest BCUT2D eigenvalue weighted by Gasteiger charge is -2.37. The van der Waals surface area contributed by atoms with Crippen molar-refractivity contribution in [1.82, 2.24) is 9.38 Å². The Hall–Kier alpha value is -4.32. The molecule has 168 valence electrons. The van der Waals surface area contributed by atoms with Gasteiger partial charge >= 0.3 is 0 Å². The molecular weight excluding hydrogens is 420 g/mol. The number of aromatic nitrogens is 2. The first-order chi connectivity index (χ1) is 15.9. The van der Waals surface area contributed by atoms with Crippen molar-refractivity contribution in [3.8, 4) is 11.8 Å². The molecule has 0 saturated carbocycles. The van der Waals surface area contributed by atoms with Gasteiger partial charge in [-0.05, 0) is 48.9 Å². The number of primary amides is 1. The fourth-order valence-electron chi connectivity index (χ4n) is 3.94. The molecule has 0 aliphatic carbocycles. The monoisotopic (exact) mass is 444 g/mol. The third-order valence-corrected chi connectivity index (χ3v) is 5.76. The maximum Gasteiger partial charge on any atom is 0.267 e. The molecule has 0 unspecified atom stereocenters. The fraction of sp³-hybridized carbons (Fsp3) is 0.250. The van der Waals surface area contributed by atoms with Crippen LogP contribution in [0.3, 0.4) is 0 Å². The number of carbonyl (C=O) groups excluding carboxylic acids is 1. The van der Waals surface area contributed by atoms with Crippen LogP contribution in [-0.2, 0) is 4.79 Å². The van der Waals surface area contributed by atoms with Gasteiger partial charge in [0.15, 0.2) is 0 Å². The number of pyridine rings is 1. The number of nitrogens with two attached hydrogens (primary N) is 1. The van der Waals surface area contributed by atoms with E-state index in [1.165, 1.54) is 10.5 Å². The average Bonchev–Trinajstić information content (AvgIpc) is 2.84. The Balaban J connectivity index is 1.73. The predicted octanol–water partition coefficient (Wildman–Crippen LogP) is 1.73. The van der Waals surface area contributed by atoms with Gasteiger partial charge in [-0.25, -0.2) is 4.98 Å². The van der Waals surface area contributed by atoms with Crippen molar-refractivity contribution < 1.29 is 9.53 Å². The number of ether oxygens (including phenoxy) is 1. The normalized spacial score (nSPS) is 14.3. The number of aryl methyl sites for hydroxylation is 1. The van der Waals surface area contributed by atoms with Gasteiger partial charge in [0.1, 0.15) is 28.9 Å². The molecule has 1 aliphatic heterocycles. The molecule has 0 spiro atoms. The highest BCUT2D eigenvalue weighted by atomic mass is 16.5. The van der Waals surface area contributed by atoms with Gasteiger partial charge in [0, 0.05) is 38.1 Å². The summed E-state index contributed by atoms with van der Waals surface area (Å²) in [4.78, 5) is 34.0. The van der Waals surface area contributed by atoms with Gasteiger partial charge in [-0.2, -0.15) is 5.26 Å². The highest BCUT2D eigenvalue weighted by molar-refractivity contribution is 6.01. The third-order valence-electron chi connectivity index (χ3n) is 5.76. The molecule has 9 nitrogen and oxygen atoms in total. The standard InChI is InChI=1S/C24H24N6O3/c1-16-4-3-9-30-22(16)27-23(20(24(30)32)14-17(15-25)21(26)31)29-12-10-28(11-13-29)18-5-7-19(33-2)8-6-18/h3-9,14H,10-13H2,1-2H3,(H2,26,31)/b17-14+. The summed E-state index contributed by atoms with van der Waals surface area (Å²) in [5.74, 6) is 0.354. The largest absolute Gasteiger partial charge is 0.497 e. The van der Waals surface area contributed by atoms with Gasteiger partial charge in [-0.3, -0.25) is 14.0 Å². The molecule has 1 aliphatic rings. The number of anilines is 2. The molecule has 0 atom stereocenters. The van der Waals surface area contributed by atoms with E-state index in [-0.39, 0.29) is 16.7 Å². The van der Waals surface area contributed by atoms with Crippen LogP contribution in [0, 0.1) is 18.3 Å². The first-order valence-corrected chi connectivity index (χ1v) is 10.5. The number of nitrogens with zero attached hydrogens (tertiary/aromatic N) is 5. The van der Waals surface area contributed by atoms with Crippen LogP contribution in [0.1, 0.15) is 11.1 Å². The summed E-state index contributed by atoms with van der Waals surface area (Å²) in [5, 5.41) is 9.33. The van der Waals surface area contributed by atoms with Gasteiger partial charge in [0.2, 0.25) is 0 Å². The Bertz CT molecular complexity index is 1330.